The molecule has 3 amide bonds. The van der Waals surface area contributed by atoms with E-state index in [0.29, 0.717) is 102 Å². The average molecular weight is 1530 g/mol. The third-order valence-electron chi connectivity index (χ3n) is 16.2. The Hall–Kier alpha value is -13.8. The lowest BCUT2D eigenvalue weighted by Gasteiger charge is -2.28. The topological polar surface area (TPSA) is 344 Å². The summed E-state index contributed by atoms with van der Waals surface area (Å²) in [7, 11) is 1.30. The highest BCUT2D eigenvalue weighted by Gasteiger charge is 2.30. The van der Waals surface area contributed by atoms with Crippen LogP contribution in [0, 0.1) is 0 Å². The highest BCUT2D eigenvalue weighted by Crippen LogP contribution is 2.36. The molecule has 13 aromatic rings. The number of aliphatic hydroxyl groups excluding tert-OH is 2. The number of carbonyl (C=O) groups is 6. The van der Waals surface area contributed by atoms with Crippen molar-refractivity contribution in [3.8, 4) is 56.5 Å². The number of amides is 3. The molecule has 15 rings (SSSR count). The zero-order valence-electron chi connectivity index (χ0n) is 61.8. The highest BCUT2D eigenvalue weighted by atomic mass is 16.6. The lowest BCUT2D eigenvalue weighted by molar-refractivity contribution is -0.148. The molecule has 9 aromatic carbocycles. The number of hydrogen-bond acceptors (Lipinski definition) is 23. The Morgan fingerprint density at radius 2 is 0.788 bits per heavy atom. The summed E-state index contributed by atoms with van der Waals surface area (Å²) in [6.07, 6.45) is 6.31. The van der Waals surface area contributed by atoms with Gasteiger partial charge in [-0.25, -0.2) is 29.5 Å². The molecule has 4 N–H and O–H groups in total. The number of fused-ring (bicyclic) bond motifs is 2. The molecule has 0 atom stereocenters. The van der Waals surface area contributed by atoms with E-state index < -0.39 is 24.3 Å². The van der Waals surface area contributed by atoms with Crippen molar-refractivity contribution in [2.75, 3.05) is 56.6 Å². The fourth-order valence-electron chi connectivity index (χ4n) is 10.7. The first-order valence-corrected chi connectivity index (χ1v) is 35.5. The molecule has 0 aliphatic carbocycles. The van der Waals surface area contributed by atoms with Crippen LogP contribution < -0.4 is 25.0 Å². The van der Waals surface area contributed by atoms with Crippen molar-refractivity contribution in [1.82, 2.24) is 19.9 Å². The van der Waals surface area contributed by atoms with Gasteiger partial charge in [-0.05, 0) is 60.0 Å². The summed E-state index contributed by atoms with van der Waals surface area (Å²) in [4.78, 5) is 89.9. The molecule has 0 fully saturated rings. The summed E-state index contributed by atoms with van der Waals surface area (Å²) < 4.78 is 57.6. The van der Waals surface area contributed by atoms with Crippen LogP contribution in [0.4, 0.5) is 11.4 Å². The minimum absolute atomic E-state index is 0.0166. The summed E-state index contributed by atoms with van der Waals surface area (Å²) in [6.45, 7) is 3.27. The lowest BCUT2D eigenvalue weighted by atomic mass is 10.1. The Kier molecular flexibility index (Phi) is 31.4. The maximum Gasteiger partial charge on any atom is 0.337 e. The number of nitrogens with two attached hydrogens (primary N) is 1. The van der Waals surface area contributed by atoms with Crippen molar-refractivity contribution >= 4 is 46.8 Å². The van der Waals surface area contributed by atoms with E-state index in [2.05, 4.69) is 19.9 Å². The molecule has 0 spiro atoms. The first-order valence-electron chi connectivity index (χ1n) is 35.5. The molecule has 2 aliphatic heterocycles. The van der Waals surface area contributed by atoms with E-state index in [1.165, 1.54) is 23.0 Å². The van der Waals surface area contributed by atoms with Gasteiger partial charge in [0.2, 0.25) is 29.5 Å². The van der Waals surface area contributed by atoms with E-state index in [4.69, 9.17) is 66.8 Å². The molecule has 578 valence electrons. The minimum atomic E-state index is -0.603. The number of aromatic nitrogens is 4. The second-order valence-corrected chi connectivity index (χ2v) is 24.3. The molecule has 0 saturated heterocycles. The van der Waals surface area contributed by atoms with Crippen LogP contribution >= 0.6 is 0 Å². The molecule has 6 heterocycles. The van der Waals surface area contributed by atoms with Crippen LogP contribution in [0.2, 0.25) is 0 Å². The second-order valence-electron chi connectivity index (χ2n) is 24.3. The Bertz CT molecular complexity index is 4940. The van der Waals surface area contributed by atoms with Gasteiger partial charge in [-0.3, -0.25) is 29.0 Å². The number of anilines is 2. The smallest absolute Gasteiger partial charge is 0.337 e. The number of hydrogen-bond donors (Lipinski definition) is 3. The summed E-state index contributed by atoms with van der Waals surface area (Å²) in [5.74, 6) is 0.507. The SMILES string of the molecule is CCOC(=O)COCc1ccccc1.COC(=O)c1ccc2c(c1)N(Cc1nc(-c3ccccc3)co1)C(=O)CO2.NC(=O)COCc1ccccc1.O=C(CO)c1ccc2c(c1)N(Cc1nc(-c3ccccc3)co1)C(=O)CO2.OCc1nc(-c2ccccc2)co1.c1ccc(COCc2nc(-c3ccccc3)co2)cc1. The number of carbonyl (C=O) groups excluding carboxylic acids is 6. The largest absolute Gasteiger partial charge is 0.482 e. The first-order chi connectivity index (χ1) is 55.2. The number of oxazole rings is 4. The number of esters is 2. The van der Waals surface area contributed by atoms with Crippen molar-refractivity contribution < 1.29 is 89.8 Å². The molecule has 113 heavy (non-hydrogen) atoms. The summed E-state index contributed by atoms with van der Waals surface area (Å²) in [6, 6.07) is 77.7. The van der Waals surface area contributed by atoms with Crippen LogP contribution in [-0.4, -0.2) is 112 Å². The highest BCUT2D eigenvalue weighted by molar-refractivity contribution is 6.02. The molecule has 0 bridgehead atoms. The van der Waals surface area contributed by atoms with Crippen molar-refractivity contribution in [2.45, 2.75) is 53.0 Å². The number of nitrogens with zero attached hydrogens (tertiary/aromatic N) is 6. The Labute approximate surface area is 650 Å². The van der Waals surface area contributed by atoms with Gasteiger partial charge in [0.25, 0.3) is 11.8 Å². The van der Waals surface area contributed by atoms with Crippen LogP contribution in [0.25, 0.3) is 45.0 Å². The third kappa shape index (κ3) is 25.4. The monoisotopic (exact) mass is 1530 g/mol. The van der Waals surface area contributed by atoms with Gasteiger partial charge in [-0.1, -0.05) is 212 Å². The van der Waals surface area contributed by atoms with Gasteiger partial charge < -0.3 is 66.8 Å². The van der Waals surface area contributed by atoms with Crippen LogP contribution in [0.1, 0.15) is 67.9 Å². The Balaban J connectivity index is 0.000000148. The van der Waals surface area contributed by atoms with Gasteiger partial charge in [0.15, 0.2) is 19.0 Å². The van der Waals surface area contributed by atoms with Crippen molar-refractivity contribution in [3.05, 3.63) is 325 Å². The zero-order valence-corrected chi connectivity index (χ0v) is 61.8. The number of ether oxygens (including phenoxy) is 7. The quantitative estimate of drug-likeness (QED) is 0.0353. The van der Waals surface area contributed by atoms with Crippen molar-refractivity contribution in [1.29, 1.82) is 0 Å². The van der Waals surface area contributed by atoms with Crippen molar-refractivity contribution in [3.63, 3.8) is 0 Å². The number of benzene rings is 9. The standard InChI is InChI=1S/2C20H16N2O5.C17H15NO2.C11H14O3.C10H9NO2.C9H11NO2/c1-25-20(24)14-7-8-17-16(9-14)22(19(23)12-26-17)10-18-21-15(11-27-18)13-5-3-2-4-6-13;23-10-17(24)14-6-7-18-16(8-14)22(20(25)12-26-18)9-19-21-15(11-27-19)13-4-2-1-3-5-13;1-3-7-14(8-4-1)11-19-13-17-18-16(12-20-17)15-9-5-2-6-10-15;1-2-14-11(12)9-13-8-10-6-4-3-5-7-10;12-6-10-11-9(7-13-10)8-4-2-1-3-5-8;10-9(11)7-12-6-8-4-2-1-3-5-8/h2-9,11H,10,12H2,1H3;1-8,11,23H,9-10,12H2;1-10,12H,11,13H2;3-7H,2,8-9H2,1H3;1-5,7,12H,6H2;1-5H,6-7H2,(H2,10,11). The van der Waals surface area contributed by atoms with Crippen molar-refractivity contribution in [2.24, 2.45) is 5.73 Å². The van der Waals surface area contributed by atoms with Crippen LogP contribution in [-0.2, 0) is 89.0 Å². The first kappa shape index (κ1) is 81.8. The van der Waals surface area contributed by atoms with E-state index in [1.807, 2.05) is 212 Å². The van der Waals surface area contributed by atoms with Gasteiger partial charge in [0, 0.05) is 27.8 Å². The van der Waals surface area contributed by atoms with E-state index in [0.717, 1.165) is 50.3 Å². The fourth-order valence-corrected chi connectivity index (χ4v) is 10.7. The molecule has 26 heteroatoms. The normalized spacial score (nSPS) is 11.6. The van der Waals surface area contributed by atoms with E-state index in [-0.39, 0.29) is 63.9 Å². The molecule has 0 unspecified atom stereocenters. The Morgan fingerprint density at radius 1 is 0.434 bits per heavy atom. The van der Waals surface area contributed by atoms with E-state index >= 15 is 0 Å². The van der Waals surface area contributed by atoms with Gasteiger partial charge in [0.05, 0.1) is 50.5 Å². The number of aliphatic hydroxyl groups is 2. The lowest BCUT2D eigenvalue weighted by Crippen LogP contribution is -2.38. The van der Waals surface area contributed by atoms with Crippen LogP contribution in [0.3, 0.4) is 0 Å². The summed E-state index contributed by atoms with van der Waals surface area (Å²) in [5.41, 5.74) is 16.5. The molecular weight excluding hydrogens is 1450 g/mol. The van der Waals surface area contributed by atoms with Gasteiger partial charge in [-0.15, -0.1) is 0 Å². The van der Waals surface area contributed by atoms with Gasteiger partial charge in [-0.2, -0.15) is 0 Å². The minimum Gasteiger partial charge on any atom is -0.482 e. The number of ketones is 1. The molecule has 2 aliphatic rings. The predicted octanol–water partition coefficient (Wildman–Crippen LogP) is 13.8. The summed E-state index contributed by atoms with van der Waals surface area (Å²) in [5, 5.41) is 17.8. The fraction of sp³-hybridized carbons (Fsp3) is 0.172. The number of primary amides is 1. The molecule has 26 nitrogen and oxygen atoms in total. The number of methoxy groups -OCH3 is 1. The van der Waals surface area contributed by atoms with Gasteiger partial charge in [0.1, 0.15) is 105 Å². The molecule has 0 saturated carbocycles. The summed E-state index contributed by atoms with van der Waals surface area (Å²) >= 11 is 0. The number of rotatable bonds is 25. The van der Waals surface area contributed by atoms with Crippen LogP contribution in [0.15, 0.2) is 291 Å². The van der Waals surface area contributed by atoms with E-state index in [1.54, 1.807) is 62.3 Å². The Morgan fingerprint density at radius 3 is 1.17 bits per heavy atom. The zero-order chi connectivity index (χ0) is 79.4. The third-order valence-corrected chi connectivity index (χ3v) is 16.2. The average Bonchev–Trinajstić information content (AvgIpc) is 1.29. The number of Topliss-reactive ketones (excluding diaryl/α,β-unsaturated/α-hetero) is 1. The maximum atomic E-state index is 12.4. The predicted molar refractivity (Wildman–Crippen MR) is 416 cm³/mol. The molecular formula is C87H81N7O19. The van der Waals surface area contributed by atoms with Gasteiger partial charge >= 0.3 is 11.9 Å². The molecule has 0 radical (unpaired) electrons. The molecule has 4 aromatic heterocycles. The maximum absolute atomic E-state index is 12.4. The van der Waals surface area contributed by atoms with Crippen LogP contribution in [0.5, 0.6) is 11.5 Å². The second kappa shape index (κ2) is 43.4. The van der Waals surface area contributed by atoms with E-state index in [9.17, 15) is 28.8 Å².